The van der Waals surface area contributed by atoms with Crippen LogP contribution in [0.15, 0.2) is 82.8 Å². The normalized spacial score (nSPS) is 13.9. The number of rotatable bonds is 12. The number of sulfonamides is 1. The first kappa shape index (κ1) is 30.9. The number of carbonyl (C=O) groups excluding carboxylic acids is 2. The van der Waals surface area contributed by atoms with Crippen LogP contribution in [0.2, 0.25) is 5.02 Å². The Morgan fingerprint density at radius 2 is 1.57 bits per heavy atom. The first-order chi connectivity index (χ1) is 20.2. The number of anilines is 1. The molecule has 0 atom stereocenters. The highest BCUT2D eigenvalue weighted by molar-refractivity contribution is 7.92. The van der Waals surface area contributed by atoms with Gasteiger partial charge in [-0.3, -0.25) is 13.9 Å². The minimum Gasteiger partial charge on any atom is -0.497 e. The Labute approximate surface area is 250 Å². The highest BCUT2D eigenvalue weighted by Crippen LogP contribution is 2.26. The van der Waals surface area contributed by atoms with Crippen molar-refractivity contribution >= 4 is 45.3 Å². The number of hydrogen-bond acceptors (Lipinski definition) is 7. The Morgan fingerprint density at radius 3 is 2.21 bits per heavy atom. The number of ether oxygens (including phenoxy) is 2. The van der Waals surface area contributed by atoms with Gasteiger partial charge in [-0.2, -0.15) is 5.10 Å². The molecule has 2 N–H and O–H groups in total. The summed E-state index contributed by atoms with van der Waals surface area (Å²) in [5.41, 5.74) is 3.30. The summed E-state index contributed by atoms with van der Waals surface area (Å²) in [4.78, 5) is 24.9. The largest absolute Gasteiger partial charge is 0.497 e. The van der Waals surface area contributed by atoms with E-state index in [1.54, 1.807) is 36.4 Å². The number of nitrogens with zero attached hydrogens (tertiary/aromatic N) is 2. The van der Waals surface area contributed by atoms with E-state index in [-0.39, 0.29) is 29.1 Å². The van der Waals surface area contributed by atoms with Crippen molar-refractivity contribution in [2.24, 2.45) is 5.10 Å². The molecular formula is C30H33ClN4O6S. The average Bonchev–Trinajstić information content (AvgIpc) is 3.00. The van der Waals surface area contributed by atoms with Crippen molar-refractivity contribution in [2.45, 2.75) is 43.0 Å². The molecule has 0 radical (unpaired) electrons. The maximum atomic E-state index is 13.5. The monoisotopic (exact) mass is 612 g/mol. The van der Waals surface area contributed by atoms with Gasteiger partial charge in [0.05, 0.1) is 23.9 Å². The summed E-state index contributed by atoms with van der Waals surface area (Å²) in [6.07, 6.45) is 6.93. The zero-order chi connectivity index (χ0) is 30.0. The second-order valence-corrected chi connectivity index (χ2v) is 12.0. The van der Waals surface area contributed by atoms with Crippen LogP contribution >= 0.6 is 11.6 Å². The first-order valence-electron chi connectivity index (χ1n) is 13.5. The molecule has 2 amide bonds. The maximum Gasteiger partial charge on any atom is 0.264 e. The molecule has 12 heteroatoms. The topological polar surface area (TPSA) is 126 Å². The Bertz CT molecular complexity index is 1470. The molecule has 1 saturated carbocycles. The van der Waals surface area contributed by atoms with Gasteiger partial charge in [-0.1, -0.05) is 30.9 Å². The van der Waals surface area contributed by atoms with E-state index < -0.39 is 22.5 Å². The molecular weight excluding hydrogens is 580 g/mol. The number of benzene rings is 3. The molecule has 0 bridgehead atoms. The van der Waals surface area contributed by atoms with Gasteiger partial charge in [0.25, 0.3) is 21.8 Å². The van der Waals surface area contributed by atoms with Crippen molar-refractivity contribution < 1.29 is 27.5 Å². The highest BCUT2D eigenvalue weighted by Gasteiger charge is 2.27. The van der Waals surface area contributed by atoms with Crippen LogP contribution in [0.25, 0.3) is 0 Å². The molecule has 0 aliphatic heterocycles. The van der Waals surface area contributed by atoms with E-state index in [2.05, 4.69) is 15.8 Å². The van der Waals surface area contributed by atoms with E-state index in [1.807, 2.05) is 0 Å². The number of hydrogen-bond donors (Lipinski definition) is 2. The molecule has 0 unspecified atom stereocenters. The van der Waals surface area contributed by atoms with Crippen molar-refractivity contribution in [3.63, 3.8) is 0 Å². The van der Waals surface area contributed by atoms with Gasteiger partial charge in [0, 0.05) is 11.1 Å². The quantitative estimate of drug-likeness (QED) is 0.229. The zero-order valence-corrected chi connectivity index (χ0v) is 24.7. The Morgan fingerprint density at radius 1 is 0.929 bits per heavy atom. The molecule has 1 fully saturated rings. The summed E-state index contributed by atoms with van der Waals surface area (Å²) >= 11 is 5.98. The third-order valence-electron chi connectivity index (χ3n) is 6.67. The number of halogens is 1. The van der Waals surface area contributed by atoms with Gasteiger partial charge in [-0.25, -0.2) is 13.8 Å². The second-order valence-electron chi connectivity index (χ2n) is 9.72. The summed E-state index contributed by atoms with van der Waals surface area (Å²) in [6, 6.07) is 19.0. The van der Waals surface area contributed by atoms with E-state index >= 15 is 0 Å². The van der Waals surface area contributed by atoms with Crippen LogP contribution < -0.4 is 24.5 Å². The van der Waals surface area contributed by atoms with Crippen molar-refractivity contribution in [3.8, 4) is 11.5 Å². The molecule has 1 aliphatic carbocycles. The van der Waals surface area contributed by atoms with Gasteiger partial charge in [-0.15, -0.1) is 0 Å². The molecule has 3 aromatic carbocycles. The molecule has 4 rings (SSSR count). The molecule has 0 spiro atoms. The molecule has 0 aromatic heterocycles. The predicted octanol–water partition coefficient (Wildman–Crippen LogP) is 4.52. The maximum absolute atomic E-state index is 13.5. The standard InChI is InChI=1S/C30H33ClN4O6S/c1-40-26-15-17-28(18-16-26)42(38,39)35(25-11-9-23(31)10-12-25)20-29(36)34-32-19-22-7-13-27(14-8-22)41-21-30(37)33-24-5-3-2-4-6-24/h7-19,24H,2-6,20-21H2,1H3,(H,33,37)(H,34,36)/b32-19-. The zero-order valence-electron chi connectivity index (χ0n) is 23.2. The Hall–Kier alpha value is -4.09. The summed E-state index contributed by atoms with van der Waals surface area (Å²) in [7, 11) is -2.63. The van der Waals surface area contributed by atoms with Crippen molar-refractivity contribution in [3.05, 3.63) is 83.4 Å². The minimum atomic E-state index is -4.11. The van der Waals surface area contributed by atoms with Crippen molar-refractivity contribution in [2.75, 3.05) is 24.6 Å². The van der Waals surface area contributed by atoms with E-state index in [1.165, 1.54) is 56.1 Å². The lowest BCUT2D eigenvalue weighted by atomic mass is 9.95. The Balaban J connectivity index is 1.34. The lowest BCUT2D eigenvalue weighted by Crippen LogP contribution is -2.39. The fraction of sp³-hybridized carbons (Fsp3) is 0.300. The van der Waals surface area contributed by atoms with Gasteiger partial charge in [0.1, 0.15) is 18.0 Å². The molecule has 1 aliphatic rings. The summed E-state index contributed by atoms with van der Waals surface area (Å²) in [5.74, 6) is 0.232. The fourth-order valence-electron chi connectivity index (χ4n) is 4.46. The van der Waals surface area contributed by atoms with Crippen LogP contribution in [0.4, 0.5) is 5.69 Å². The fourth-order valence-corrected chi connectivity index (χ4v) is 6.00. The molecule has 222 valence electrons. The van der Waals surface area contributed by atoms with Crippen LogP contribution in [-0.2, 0) is 19.6 Å². The van der Waals surface area contributed by atoms with Gasteiger partial charge < -0.3 is 14.8 Å². The number of amides is 2. The molecule has 3 aromatic rings. The highest BCUT2D eigenvalue weighted by atomic mass is 35.5. The van der Waals surface area contributed by atoms with Gasteiger partial charge in [0.15, 0.2) is 6.61 Å². The molecule has 0 heterocycles. The lowest BCUT2D eigenvalue weighted by molar-refractivity contribution is -0.124. The van der Waals surface area contributed by atoms with E-state index in [0.717, 1.165) is 30.0 Å². The number of hydrazone groups is 1. The van der Waals surface area contributed by atoms with Crippen molar-refractivity contribution in [1.82, 2.24) is 10.7 Å². The lowest BCUT2D eigenvalue weighted by Gasteiger charge is -2.23. The van der Waals surface area contributed by atoms with Gasteiger partial charge in [-0.05, 0) is 91.2 Å². The Kier molecular flexibility index (Phi) is 10.8. The smallest absolute Gasteiger partial charge is 0.264 e. The third-order valence-corrected chi connectivity index (χ3v) is 8.71. The van der Waals surface area contributed by atoms with Gasteiger partial charge >= 0.3 is 0 Å². The molecule has 42 heavy (non-hydrogen) atoms. The van der Waals surface area contributed by atoms with E-state index in [4.69, 9.17) is 21.1 Å². The third kappa shape index (κ3) is 8.70. The van der Waals surface area contributed by atoms with Gasteiger partial charge in [0.2, 0.25) is 0 Å². The average molecular weight is 613 g/mol. The SMILES string of the molecule is COc1ccc(S(=O)(=O)N(CC(=O)N/N=C\c2ccc(OCC(=O)NC3CCCCC3)cc2)c2ccc(Cl)cc2)cc1. The summed E-state index contributed by atoms with van der Waals surface area (Å²) in [6.45, 7) is -0.591. The molecule has 0 saturated heterocycles. The van der Waals surface area contributed by atoms with Crippen LogP contribution in [0.5, 0.6) is 11.5 Å². The van der Waals surface area contributed by atoms with E-state index in [0.29, 0.717) is 22.1 Å². The minimum absolute atomic E-state index is 0.0108. The van der Waals surface area contributed by atoms with Crippen LogP contribution in [-0.4, -0.2) is 52.8 Å². The predicted molar refractivity (Wildman–Crippen MR) is 162 cm³/mol. The number of methoxy groups -OCH3 is 1. The van der Waals surface area contributed by atoms with Crippen LogP contribution in [0, 0.1) is 0 Å². The molecule has 10 nitrogen and oxygen atoms in total. The summed E-state index contributed by atoms with van der Waals surface area (Å²) in [5, 5.41) is 7.40. The number of carbonyl (C=O) groups is 2. The van der Waals surface area contributed by atoms with Crippen LogP contribution in [0.3, 0.4) is 0 Å². The second kappa shape index (κ2) is 14.7. The first-order valence-corrected chi connectivity index (χ1v) is 15.3. The van der Waals surface area contributed by atoms with Crippen molar-refractivity contribution in [1.29, 1.82) is 0 Å². The number of nitrogens with one attached hydrogen (secondary N) is 2. The van der Waals surface area contributed by atoms with Crippen LogP contribution in [0.1, 0.15) is 37.7 Å². The van der Waals surface area contributed by atoms with E-state index in [9.17, 15) is 18.0 Å². The summed E-state index contributed by atoms with van der Waals surface area (Å²) < 4.78 is 38.6.